The predicted molar refractivity (Wildman–Crippen MR) is 117 cm³/mol. The summed E-state index contributed by atoms with van der Waals surface area (Å²) in [4.78, 5) is 10.0. The van der Waals surface area contributed by atoms with Crippen molar-refractivity contribution in [2.24, 2.45) is 0 Å². The van der Waals surface area contributed by atoms with Gasteiger partial charge in [0.05, 0.1) is 16.9 Å². The zero-order chi connectivity index (χ0) is 23.4. The standard InChI is InChI=1S/C20H18N6O6S/c1-31-16-6-2-14(3-7-16)20-23-22-18-10-11-19(24-25(18)20)32-13-12-21-33(29,30)17-8-4-15(5-9-17)26(27)28/h2-11,21H,12-13H2,1H3. The lowest BCUT2D eigenvalue weighted by atomic mass is 10.2. The predicted octanol–water partition coefficient (Wildman–Crippen LogP) is 2.07. The van der Waals surface area contributed by atoms with Crippen molar-refractivity contribution in [1.82, 2.24) is 24.5 Å². The van der Waals surface area contributed by atoms with E-state index in [0.717, 1.165) is 17.7 Å². The van der Waals surface area contributed by atoms with Crippen LogP contribution in [-0.4, -0.2) is 53.4 Å². The molecule has 4 aromatic rings. The summed E-state index contributed by atoms with van der Waals surface area (Å²) in [7, 11) is -2.26. The molecule has 13 heteroatoms. The molecule has 12 nitrogen and oxygen atoms in total. The Kier molecular flexibility index (Phi) is 6.15. The number of fused-ring (bicyclic) bond motifs is 1. The summed E-state index contributed by atoms with van der Waals surface area (Å²) < 4.78 is 39.3. The summed E-state index contributed by atoms with van der Waals surface area (Å²) in [5.74, 6) is 1.48. The van der Waals surface area contributed by atoms with Crippen molar-refractivity contribution in [2.75, 3.05) is 20.3 Å². The summed E-state index contributed by atoms with van der Waals surface area (Å²) in [6.45, 7) is -0.0305. The fourth-order valence-corrected chi connectivity index (χ4v) is 3.94. The Labute approximate surface area is 188 Å². The smallest absolute Gasteiger partial charge is 0.269 e. The van der Waals surface area contributed by atoms with Crippen LogP contribution in [0.5, 0.6) is 11.6 Å². The number of sulfonamides is 1. The summed E-state index contributed by atoms with van der Waals surface area (Å²) in [6, 6.07) is 15.1. The molecule has 2 heterocycles. The van der Waals surface area contributed by atoms with Crippen LogP contribution >= 0.6 is 0 Å². The highest BCUT2D eigenvalue weighted by Gasteiger charge is 2.16. The van der Waals surface area contributed by atoms with Crippen molar-refractivity contribution in [2.45, 2.75) is 4.90 Å². The monoisotopic (exact) mass is 470 g/mol. The summed E-state index contributed by atoms with van der Waals surface area (Å²) in [6.07, 6.45) is 0. The first-order chi connectivity index (χ1) is 15.9. The van der Waals surface area contributed by atoms with Gasteiger partial charge in [-0.25, -0.2) is 13.1 Å². The van der Waals surface area contributed by atoms with Crippen molar-refractivity contribution in [3.05, 3.63) is 70.8 Å². The number of ether oxygens (including phenoxy) is 2. The molecular weight excluding hydrogens is 452 g/mol. The number of non-ortho nitro benzene ring substituents is 1. The van der Waals surface area contributed by atoms with Crippen LogP contribution in [0.15, 0.2) is 65.6 Å². The van der Waals surface area contributed by atoms with Gasteiger partial charge < -0.3 is 9.47 Å². The highest BCUT2D eigenvalue weighted by molar-refractivity contribution is 7.89. The van der Waals surface area contributed by atoms with E-state index < -0.39 is 14.9 Å². The maximum atomic E-state index is 12.3. The molecule has 0 aliphatic heterocycles. The second-order valence-corrected chi connectivity index (χ2v) is 8.46. The Morgan fingerprint density at radius 3 is 2.42 bits per heavy atom. The molecule has 0 aliphatic rings. The number of nitro groups is 1. The molecule has 0 spiro atoms. The molecule has 0 bridgehead atoms. The lowest BCUT2D eigenvalue weighted by Crippen LogP contribution is -2.28. The van der Waals surface area contributed by atoms with Gasteiger partial charge in [0.25, 0.3) is 5.69 Å². The van der Waals surface area contributed by atoms with Gasteiger partial charge in [0.1, 0.15) is 12.4 Å². The number of rotatable bonds is 9. The quantitative estimate of drug-likeness (QED) is 0.220. The van der Waals surface area contributed by atoms with Crippen molar-refractivity contribution in [1.29, 1.82) is 0 Å². The molecule has 2 aromatic heterocycles. The Balaban J connectivity index is 1.40. The molecule has 0 amide bonds. The number of nitrogens with zero attached hydrogens (tertiary/aromatic N) is 5. The molecule has 0 radical (unpaired) electrons. The van der Waals surface area contributed by atoms with Crippen LogP contribution in [0.1, 0.15) is 0 Å². The molecule has 0 saturated heterocycles. The van der Waals surface area contributed by atoms with Gasteiger partial charge in [0.15, 0.2) is 11.5 Å². The summed E-state index contributed by atoms with van der Waals surface area (Å²) in [5.41, 5.74) is 1.11. The van der Waals surface area contributed by atoms with E-state index in [9.17, 15) is 18.5 Å². The SMILES string of the molecule is COc1ccc(-c2nnc3ccc(OCCNS(=O)(=O)c4ccc([N+](=O)[O-])cc4)nn23)cc1. The molecule has 0 unspecified atom stereocenters. The molecule has 170 valence electrons. The van der Waals surface area contributed by atoms with Crippen LogP contribution < -0.4 is 14.2 Å². The fraction of sp³-hybridized carbons (Fsp3) is 0.150. The Morgan fingerprint density at radius 2 is 1.76 bits per heavy atom. The third-order valence-electron chi connectivity index (χ3n) is 4.59. The van der Waals surface area contributed by atoms with Crippen LogP contribution in [0.2, 0.25) is 0 Å². The fourth-order valence-electron chi connectivity index (χ4n) is 2.93. The van der Waals surface area contributed by atoms with E-state index in [1.807, 2.05) is 12.1 Å². The molecular formula is C20H18N6O6S. The Bertz CT molecular complexity index is 1390. The van der Waals surface area contributed by atoms with Gasteiger partial charge in [-0.3, -0.25) is 10.1 Å². The zero-order valence-corrected chi connectivity index (χ0v) is 18.1. The third kappa shape index (κ3) is 4.88. The molecule has 0 saturated carbocycles. The summed E-state index contributed by atoms with van der Waals surface area (Å²) in [5, 5.41) is 23.3. The highest BCUT2D eigenvalue weighted by Crippen LogP contribution is 2.22. The molecule has 33 heavy (non-hydrogen) atoms. The van der Waals surface area contributed by atoms with Gasteiger partial charge in [-0.05, 0) is 42.5 Å². The molecule has 2 aromatic carbocycles. The second-order valence-electron chi connectivity index (χ2n) is 6.69. The van der Waals surface area contributed by atoms with E-state index in [4.69, 9.17) is 9.47 Å². The maximum absolute atomic E-state index is 12.3. The number of benzene rings is 2. The largest absolute Gasteiger partial charge is 0.497 e. The van der Waals surface area contributed by atoms with Gasteiger partial charge in [-0.1, -0.05) is 0 Å². The van der Waals surface area contributed by atoms with E-state index in [1.165, 1.54) is 16.6 Å². The number of methoxy groups -OCH3 is 1. The van der Waals surface area contributed by atoms with Crippen molar-refractivity contribution in [3.8, 4) is 23.0 Å². The number of hydrogen-bond acceptors (Lipinski definition) is 9. The van der Waals surface area contributed by atoms with E-state index in [1.54, 1.807) is 31.4 Å². The van der Waals surface area contributed by atoms with Crippen LogP contribution in [0.25, 0.3) is 17.0 Å². The van der Waals surface area contributed by atoms with E-state index in [0.29, 0.717) is 17.2 Å². The van der Waals surface area contributed by atoms with Crippen molar-refractivity contribution in [3.63, 3.8) is 0 Å². The maximum Gasteiger partial charge on any atom is 0.269 e. The minimum atomic E-state index is -3.84. The molecule has 1 N–H and O–H groups in total. The lowest BCUT2D eigenvalue weighted by Gasteiger charge is -2.08. The molecule has 4 rings (SSSR count). The summed E-state index contributed by atoms with van der Waals surface area (Å²) >= 11 is 0. The lowest BCUT2D eigenvalue weighted by molar-refractivity contribution is -0.384. The highest BCUT2D eigenvalue weighted by atomic mass is 32.2. The van der Waals surface area contributed by atoms with Crippen LogP contribution in [0, 0.1) is 10.1 Å². The van der Waals surface area contributed by atoms with Crippen LogP contribution in [0.3, 0.4) is 0 Å². The van der Waals surface area contributed by atoms with Crippen LogP contribution in [-0.2, 0) is 10.0 Å². The first kappa shape index (κ1) is 22.1. The van der Waals surface area contributed by atoms with E-state index >= 15 is 0 Å². The minimum absolute atomic E-state index is 0.00468. The van der Waals surface area contributed by atoms with Gasteiger partial charge in [-0.15, -0.1) is 15.3 Å². The third-order valence-corrected chi connectivity index (χ3v) is 6.07. The first-order valence-corrected chi connectivity index (χ1v) is 11.1. The van der Waals surface area contributed by atoms with E-state index in [2.05, 4.69) is 20.0 Å². The number of hydrogen-bond donors (Lipinski definition) is 1. The molecule has 0 atom stereocenters. The average Bonchev–Trinajstić information content (AvgIpc) is 3.25. The number of aromatic nitrogens is 4. The van der Waals surface area contributed by atoms with Crippen LogP contribution in [0.4, 0.5) is 5.69 Å². The topological polar surface area (TPSA) is 151 Å². The van der Waals surface area contributed by atoms with Crippen molar-refractivity contribution >= 4 is 21.4 Å². The van der Waals surface area contributed by atoms with Gasteiger partial charge >= 0.3 is 0 Å². The zero-order valence-electron chi connectivity index (χ0n) is 17.3. The minimum Gasteiger partial charge on any atom is -0.497 e. The Hall–Kier alpha value is -4.10. The molecule has 0 fully saturated rings. The van der Waals surface area contributed by atoms with Gasteiger partial charge in [0, 0.05) is 30.3 Å². The van der Waals surface area contributed by atoms with Gasteiger partial charge in [0.2, 0.25) is 15.9 Å². The number of nitro benzene ring substituents is 1. The van der Waals surface area contributed by atoms with E-state index in [-0.39, 0.29) is 29.6 Å². The van der Waals surface area contributed by atoms with Gasteiger partial charge in [-0.2, -0.15) is 4.52 Å². The number of nitrogens with one attached hydrogen (secondary N) is 1. The average molecular weight is 470 g/mol. The normalized spacial score (nSPS) is 11.4. The van der Waals surface area contributed by atoms with Crippen molar-refractivity contribution < 1.29 is 22.8 Å². The molecule has 0 aliphatic carbocycles. The first-order valence-electron chi connectivity index (χ1n) is 9.61. The Morgan fingerprint density at radius 1 is 1.03 bits per heavy atom. The second kappa shape index (κ2) is 9.18.